The Kier molecular flexibility index (Phi) is 14.6. The predicted molar refractivity (Wildman–Crippen MR) is 419 cm³/mol. The van der Waals surface area contributed by atoms with Crippen molar-refractivity contribution < 1.29 is 18.9 Å². The predicted octanol–water partition coefficient (Wildman–Crippen LogP) is 24.9. The quantitative estimate of drug-likeness (QED) is 0.129. The van der Waals surface area contributed by atoms with E-state index < -0.39 is 7.12 Å². The average Bonchev–Trinajstić information content (AvgIpc) is 1.01. The molecule has 0 radical (unpaired) electrons. The molecular formula is C92H58BBrO4. The van der Waals surface area contributed by atoms with E-state index in [9.17, 15) is 10.0 Å². The Morgan fingerprint density at radius 3 is 0.908 bits per heavy atom. The lowest BCUT2D eigenvalue weighted by atomic mass is 9.72. The number of hydrogen-bond acceptors (Lipinski definition) is 4. The van der Waals surface area contributed by atoms with Crippen LogP contribution in [-0.2, 0) is 0 Å². The molecule has 0 unspecified atom stereocenters. The maximum absolute atomic E-state index is 10.1. The summed E-state index contributed by atoms with van der Waals surface area (Å²) in [4.78, 5) is 0. The first kappa shape index (κ1) is 58.7. The van der Waals surface area contributed by atoms with E-state index in [-0.39, 0.29) is 0 Å². The summed E-state index contributed by atoms with van der Waals surface area (Å²) in [6.45, 7) is 0. The molecule has 6 heteroatoms. The van der Waals surface area contributed by atoms with Crippen LogP contribution in [0.15, 0.2) is 353 Å². The molecule has 0 atom stereocenters. The van der Waals surface area contributed by atoms with E-state index in [1.54, 1.807) is 0 Å². The molecule has 20 aromatic rings. The molecular weight excluding hydrogens is 1260 g/mol. The molecule has 0 aliphatic rings. The molecule has 0 bridgehead atoms. The van der Waals surface area contributed by atoms with E-state index in [1.165, 1.54) is 103 Å². The fraction of sp³-hybridized carbons (Fsp3) is 0. The van der Waals surface area contributed by atoms with E-state index in [0.717, 1.165) is 86.8 Å². The normalized spacial score (nSPS) is 11.6. The summed E-state index contributed by atoms with van der Waals surface area (Å²) in [6, 6.07) is 120. The van der Waals surface area contributed by atoms with Crippen LogP contribution in [0.25, 0.3) is 186 Å². The highest BCUT2D eigenvalue weighted by molar-refractivity contribution is 9.10. The van der Waals surface area contributed by atoms with E-state index in [0.29, 0.717) is 5.46 Å². The molecule has 98 heavy (non-hydrogen) atoms. The van der Waals surface area contributed by atoms with Crippen LogP contribution in [0.1, 0.15) is 0 Å². The third kappa shape index (κ3) is 10.4. The molecule has 0 saturated heterocycles. The van der Waals surface area contributed by atoms with Gasteiger partial charge in [0, 0.05) is 26.0 Å². The topological polar surface area (TPSA) is 66.7 Å². The van der Waals surface area contributed by atoms with Gasteiger partial charge in [-0.1, -0.05) is 277 Å². The van der Waals surface area contributed by atoms with Crippen molar-refractivity contribution in [3.63, 3.8) is 0 Å². The smallest absolute Gasteiger partial charge is 0.456 e. The van der Waals surface area contributed by atoms with Crippen LogP contribution in [-0.4, -0.2) is 17.2 Å². The number of rotatable bonds is 6. The second-order valence-electron chi connectivity index (χ2n) is 25.3. The van der Waals surface area contributed by atoms with Crippen molar-refractivity contribution in [3.8, 4) is 55.6 Å². The van der Waals surface area contributed by atoms with Gasteiger partial charge in [0.2, 0.25) is 0 Å². The number of fused-ring (bicyclic) bond motifs is 14. The molecule has 0 amide bonds. The number of hydrogen-bond donors (Lipinski definition) is 2. The van der Waals surface area contributed by atoms with Gasteiger partial charge in [-0.2, -0.15) is 0 Å². The molecule has 18 aromatic carbocycles. The van der Waals surface area contributed by atoms with Crippen molar-refractivity contribution in [2.24, 2.45) is 0 Å². The maximum Gasteiger partial charge on any atom is 0.489 e. The summed E-state index contributed by atoms with van der Waals surface area (Å²) < 4.78 is 13.7. The standard InChI is InChI=1S/C46H28O.C24H17BO2.C22H13BrO/c1-2-11-30-24-36(21-20-29(30)10-1)46-40-18-7-5-16-38(40)45(39-17-6-8-19-41(39)46)35-15-9-14-31(25-35)34-22-23-37-42-26-32-12-3-4-13-33(32)27-44(42)47-43(37)28-34;26-25(27)24-21-11-5-3-9-19(21)23(20-10-4-6-12-22(20)24)18-14-13-16-7-1-2-8-17(16)15-18;23-18-7-3-6-14(10-18)17-8-9-19-20-11-15-4-1-2-5-16(15)12-22(20)24-21(19)13-17/h1-28H;1-15,26-27H;1-13H. The summed E-state index contributed by atoms with van der Waals surface area (Å²) in [5.41, 5.74) is 16.1. The third-order valence-corrected chi connectivity index (χ3v) is 20.1. The molecule has 0 saturated carbocycles. The molecule has 2 aromatic heterocycles. The zero-order valence-electron chi connectivity index (χ0n) is 53.0. The molecule has 0 spiro atoms. The Morgan fingerprint density at radius 1 is 0.204 bits per heavy atom. The second-order valence-corrected chi connectivity index (χ2v) is 26.2. The van der Waals surface area contributed by atoms with Gasteiger partial charge in [-0.15, -0.1) is 0 Å². The number of benzene rings is 18. The van der Waals surface area contributed by atoms with E-state index in [2.05, 4.69) is 301 Å². The molecule has 2 N–H and O–H groups in total. The van der Waals surface area contributed by atoms with Gasteiger partial charge in [-0.05, 0) is 226 Å². The van der Waals surface area contributed by atoms with E-state index in [1.807, 2.05) is 54.6 Å². The SMILES string of the molecule is Brc1cccc(-c2ccc3c(c2)oc2cc4ccccc4cc23)c1.OB(O)c1c2ccccc2c(-c2ccc3ccccc3c2)c2ccccc12.c1cc(-c2ccc3c(c2)oc2cc4ccccc4cc23)cc(-c2c3ccccc3c(-c3ccc4ccccc4c3)c3ccccc23)c1. The molecule has 0 aliphatic carbocycles. The fourth-order valence-electron chi connectivity index (χ4n) is 15.0. The van der Waals surface area contributed by atoms with Crippen LogP contribution in [0, 0.1) is 0 Å². The van der Waals surface area contributed by atoms with Crippen LogP contribution in [0.3, 0.4) is 0 Å². The van der Waals surface area contributed by atoms with Crippen LogP contribution in [0.5, 0.6) is 0 Å². The van der Waals surface area contributed by atoms with Gasteiger partial charge in [0.25, 0.3) is 0 Å². The van der Waals surface area contributed by atoms with Gasteiger partial charge >= 0.3 is 7.12 Å². The van der Waals surface area contributed by atoms with Gasteiger partial charge in [0.05, 0.1) is 0 Å². The molecule has 0 fully saturated rings. The van der Waals surface area contributed by atoms with Crippen molar-refractivity contribution in [3.05, 3.63) is 344 Å². The highest BCUT2D eigenvalue weighted by atomic mass is 79.9. The lowest BCUT2D eigenvalue weighted by molar-refractivity contribution is 0.426. The first-order valence-corrected chi connectivity index (χ1v) is 33.9. The van der Waals surface area contributed by atoms with Crippen LogP contribution >= 0.6 is 15.9 Å². The average molecular weight is 1320 g/mol. The summed E-state index contributed by atoms with van der Waals surface area (Å²) in [7, 11) is -1.52. The van der Waals surface area contributed by atoms with Crippen LogP contribution in [0.4, 0.5) is 0 Å². The summed E-state index contributed by atoms with van der Waals surface area (Å²) in [5.74, 6) is 0. The highest BCUT2D eigenvalue weighted by Gasteiger charge is 2.23. The molecule has 4 nitrogen and oxygen atoms in total. The molecule has 460 valence electrons. The minimum Gasteiger partial charge on any atom is -0.456 e. The van der Waals surface area contributed by atoms with E-state index >= 15 is 0 Å². The second kappa shape index (κ2) is 24.4. The van der Waals surface area contributed by atoms with Crippen LogP contribution in [0.2, 0.25) is 0 Å². The minimum absolute atomic E-state index is 0.561. The van der Waals surface area contributed by atoms with Crippen molar-refractivity contribution in [2.45, 2.75) is 0 Å². The number of halogens is 1. The Labute approximate surface area is 573 Å². The van der Waals surface area contributed by atoms with Gasteiger partial charge in [0.15, 0.2) is 0 Å². The molecule has 20 rings (SSSR count). The fourth-order valence-corrected chi connectivity index (χ4v) is 15.4. The summed E-state index contributed by atoms with van der Waals surface area (Å²) in [6.07, 6.45) is 0. The van der Waals surface area contributed by atoms with Crippen molar-refractivity contribution in [1.82, 2.24) is 0 Å². The lowest BCUT2D eigenvalue weighted by Gasteiger charge is -2.18. The molecule has 0 aliphatic heterocycles. The lowest BCUT2D eigenvalue weighted by Crippen LogP contribution is -2.31. The van der Waals surface area contributed by atoms with Gasteiger partial charge in [0.1, 0.15) is 22.3 Å². The maximum atomic E-state index is 10.1. The first-order chi connectivity index (χ1) is 48.3. The first-order valence-electron chi connectivity index (χ1n) is 33.1. The Morgan fingerprint density at radius 2 is 0.500 bits per heavy atom. The monoisotopic (exact) mass is 1320 g/mol. The zero-order chi connectivity index (χ0) is 65.4. The Balaban J connectivity index is 0.000000116. The largest absolute Gasteiger partial charge is 0.489 e. The summed E-state index contributed by atoms with van der Waals surface area (Å²) >= 11 is 3.54. The summed E-state index contributed by atoms with van der Waals surface area (Å²) in [5, 5.41) is 43.4. The van der Waals surface area contributed by atoms with Crippen molar-refractivity contribution in [2.75, 3.05) is 0 Å². The van der Waals surface area contributed by atoms with Crippen molar-refractivity contribution >= 4 is 159 Å². The third-order valence-electron chi connectivity index (χ3n) is 19.6. The van der Waals surface area contributed by atoms with Crippen molar-refractivity contribution in [1.29, 1.82) is 0 Å². The van der Waals surface area contributed by atoms with Gasteiger partial charge in [-0.3, -0.25) is 0 Å². The zero-order valence-corrected chi connectivity index (χ0v) is 54.6. The van der Waals surface area contributed by atoms with Gasteiger partial charge < -0.3 is 18.9 Å². The highest BCUT2D eigenvalue weighted by Crippen LogP contribution is 2.46. The van der Waals surface area contributed by atoms with E-state index in [4.69, 9.17) is 8.83 Å². The van der Waals surface area contributed by atoms with Crippen LogP contribution < -0.4 is 5.46 Å². The molecule has 2 heterocycles. The number of furan rings is 2. The van der Waals surface area contributed by atoms with Gasteiger partial charge in [-0.25, -0.2) is 0 Å². The minimum atomic E-state index is -1.52. The Hall–Kier alpha value is -11.9. The Bertz CT molecular complexity index is 6470.